The standard InChI is InChI=1S/C9H16N2O18P4/c12-6-4(3-25-32(21,22)29-33(23,24)28-31(18,19)20)26-8(7(6)13)11-2-1-5(10-9(11)14)27-30(15,16)17/h1-2,4,6-8,12-13H,3H2,(H6,15,16,17,18,19,20,21,22,23,24)/p+1/t4-,6-,7-,8-/m1/s1. The highest BCUT2D eigenvalue weighted by molar-refractivity contribution is 7.66. The molecule has 6 atom stereocenters. The van der Waals surface area contributed by atoms with Crippen LogP contribution in [0.15, 0.2) is 17.1 Å². The summed E-state index contributed by atoms with van der Waals surface area (Å²) in [6, 6.07) is 0.863. The summed E-state index contributed by atoms with van der Waals surface area (Å²) in [6.45, 7) is -1.11. The van der Waals surface area contributed by atoms with Gasteiger partial charge in [-0.2, -0.15) is 23.0 Å². The number of phosphoric acid groups is 4. The van der Waals surface area contributed by atoms with Gasteiger partial charge in [0.15, 0.2) is 0 Å². The van der Waals surface area contributed by atoms with Crippen LogP contribution >= 0.6 is 31.3 Å². The quantitative estimate of drug-likeness (QED) is 0.101. The third-order valence-electron chi connectivity index (χ3n) is 3.50. The van der Waals surface area contributed by atoms with Crippen LogP contribution in [0.25, 0.3) is 0 Å². The maximum atomic E-state index is 12.1. The molecule has 2 heterocycles. The molecule has 1 aromatic rings. The number of aliphatic hydroxyl groups is 2. The van der Waals surface area contributed by atoms with Gasteiger partial charge >= 0.3 is 37.0 Å². The van der Waals surface area contributed by atoms with Crippen LogP contribution in [0.1, 0.15) is 6.23 Å². The zero-order chi connectivity index (χ0) is 25.4. The Kier molecular flexibility index (Phi) is 8.60. The second-order valence-corrected chi connectivity index (χ2v) is 11.6. The maximum Gasteiger partial charge on any atom is 0.527 e. The highest BCUT2D eigenvalue weighted by Crippen LogP contribution is 2.66. The Bertz CT molecular complexity index is 1110. The van der Waals surface area contributed by atoms with E-state index in [1.54, 1.807) is 0 Å². The Morgan fingerprint density at radius 2 is 1.55 bits per heavy atom. The average molecular weight is 565 g/mol. The predicted molar refractivity (Wildman–Crippen MR) is 95.7 cm³/mol. The molecule has 2 unspecified atom stereocenters. The largest absolute Gasteiger partial charge is 0.527 e. The van der Waals surface area contributed by atoms with Gasteiger partial charge in [0.2, 0.25) is 6.23 Å². The van der Waals surface area contributed by atoms with Crippen molar-refractivity contribution < 1.29 is 84.8 Å². The van der Waals surface area contributed by atoms with Crippen LogP contribution in [0.3, 0.4) is 0 Å². The summed E-state index contributed by atoms with van der Waals surface area (Å²) in [4.78, 5) is 66.8. The molecule has 24 heteroatoms. The molecule has 0 aliphatic carbocycles. The Hall–Kier alpha value is -0.880. The topological polar surface area (TPSA) is 313 Å². The molecular formula is C9H17N2O18P4+. The molecule has 0 aromatic carbocycles. The second-order valence-electron chi connectivity index (χ2n) is 6.03. The molecular weight excluding hydrogens is 548 g/mol. The fraction of sp³-hybridized carbons (Fsp3) is 0.556. The number of ether oxygens (including phenoxy) is 1. The Morgan fingerprint density at radius 1 is 0.939 bits per heavy atom. The van der Waals surface area contributed by atoms with Crippen molar-refractivity contribution in [1.29, 1.82) is 0 Å². The first-order valence-electron chi connectivity index (χ1n) is 7.98. The number of nitrogens with one attached hydrogen (secondary N) is 1. The molecule has 9 N–H and O–H groups in total. The van der Waals surface area contributed by atoms with Gasteiger partial charge in [0.05, 0.1) is 12.7 Å². The van der Waals surface area contributed by atoms with Crippen LogP contribution in [-0.2, 0) is 36.1 Å². The van der Waals surface area contributed by atoms with E-state index in [0.717, 1.165) is 12.3 Å². The summed E-state index contributed by atoms with van der Waals surface area (Å²) in [6.07, 6.45) is -6.20. The molecule has 0 amide bonds. The van der Waals surface area contributed by atoms with E-state index < -0.39 is 74.0 Å². The Labute approximate surface area is 181 Å². The summed E-state index contributed by atoms with van der Waals surface area (Å²) in [5, 5.41) is 20.1. The number of nitrogens with zero attached hydrogens (tertiary/aromatic N) is 1. The SMILES string of the molecule is O=c1[nH]c(OP(=O)(O)O)cc[n+]1[C@@H]1O[C@H](COP(=O)(O)OP(=O)(O)OP(=O)(O)O)[C@@H](O)[C@H]1O. The number of hydrogen-bond acceptors (Lipinski definition) is 12. The van der Waals surface area contributed by atoms with Gasteiger partial charge in [0, 0.05) is 0 Å². The minimum absolute atomic E-state index is 0.616. The van der Waals surface area contributed by atoms with Crippen molar-refractivity contribution in [1.82, 2.24) is 4.98 Å². The van der Waals surface area contributed by atoms with Gasteiger partial charge in [-0.1, -0.05) is 0 Å². The molecule has 1 saturated heterocycles. The van der Waals surface area contributed by atoms with Crippen molar-refractivity contribution in [3.05, 3.63) is 22.7 Å². The van der Waals surface area contributed by atoms with Crippen LogP contribution in [0.2, 0.25) is 0 Å². The van der Waals surface area contributed by atoms with Crippen molar-refractivity contribution in [2.75, 3.05) is 6.61 Å². The predicted octanol–water partition coefficient (Wildman–Crippen LogP) is -2.90. The molecule has 0 bridgehead atoms. The molecule has 1 aliphatic rings. The molecule has 190 valence electrons. The van der Waals surface area contributed by atoms with Gasteiger partial charge in [-0.15, -0.1) is 0 Å². The number of H-pyrrole nitrogens is 1. The lowest BCUT2D eigenvalue weighted by Gasteiger charge is -2.18. The number of aromatic nitrogens is 2. The third-order valence-corrected chi connectivity index (χ3v) is 7.73. The van der Waals surface area contributed by atoms with Gasteiger partial charge in [-0.25, -0.2) is 18.3 Å². The monoisotopic (exact) mass is 565 g/mol. The van der Waals surface area contributed by atoms with Crippen LogP contribution in [-0.4, -0.2) is 69.5 Å². The van der Waals surface area contributed by atoms with E-state index in [1.165, 1.54) is 0 Å². The normalized spacial score (nSPS) is 27.6. The van der Waals surface area contributed by atoms with Crippen LogP contribution < -0.4 is 14.8 Å². The second kappa shape index (κ2) is 10.0. The molecule has 2 rings (SSSR count). The first kappa shape index (κ1) is 28.4. The first-order valence-corrected chi connectivity index (χ1v) is 14.0. The zero-order valence-electron chi connectivity index (χ0n) is 15.6. The van der Waals surface area contributed by atoms with Gasteiger partial charge in [0.25, 0.3) is 5.88 Å². The van der Waals surface area contributed by atoms with E-state index in [2.05, 4.69) is 17.7 Å². The minimum atomic E-state index is -5.78. The lowest BCUT2D eigenvalue weighted by Crippen LogP contribution is -2.57. The summed E-state index contributed by atoms with van der Waals surface area (Å²) >= 11 is 0. The molecule has 1 aromatic heterocycles. The van der Waals surface area contributed by atoms with Gasteiger partial charge < -0.3 is 39.0 Å². The maximum absolute atomic E-state index is 12.1. The number of aromatic amines is 1. The summed E-state index contributed by atoms with van der Waals surface area (Å²) in [7, 11) is -21.9. The average Bonchev–Trinajstić information content (AvgIpc) is 2.84. The lowest BCUT2D eigenvalue weighted by atomic mass is 10.1. The van der Waals surface area contributed by atoms with Crippen LogP contribution in [0.5, 0.6) is 5.88 Å². The minimum Gasteiger partial charge on any atom is -0.387 e. The molecule has 0 radical (unpaired) electrons. The summed E-state index contributed by atoms with van der Waals surface area (Å²) in [5.74, 6) is -0.651. The number of rotatable bonds is 10. The van der Waals surface area contributed by atoms with E-state index in [9.17, 15) is 38.2 Å². The van der Waals surface area contributed by atoms with Gasteiger partial charge in [-0.3, -0.25) is 14.3 Å². The van der Waals surface area contributed by atoms with Crippen LogP contribution in [0.4, 0.5) is 0 Å². The van der Waals surface area contributed by atoms with Gasteiger partial charge in [0.1, 0.15) is 24.5 Å². The number of phosphoric ester groups is 2. The molecule has 0 saturated carbocycles. The van der Waals surface area contributed by atoms with E-state index in [0.29, 0.717) is 4.57 Å². The zero-order valence-corrected chi connectivity index (χ0v) is 19.1. The molecule has 1 fully saturated rings. The summed E-state index contributed by atoms with van der Waals surface area (Å²) in [5.41, 5.74) is -1.13. The summed E-state index contributed by atoms with van der Waals surface area (Å²) < 4.78 is 65.6. The fourth-order valence-corrected chi connectivity index (χ4v) is 5.77. The first-order chi connectivity index (χ1) is 14.8. The highest BCUT2D eigenvalue weighted by Gasteiger charge is 2.49. The van der Waals surface area contributed by atoms with E-state index in [4.69, 9.17) is 29.2 Å². The Balaban J connectivity index is 2.08. The van der Waals surface area contributed by atoms with Crippen LogP contribution in [0, 0.1) is 0 Å². The van der Waals surface area contributed by atoms with Crippen molar-refractivity contribution in [2.45, 2.75) is 24.5 Å². The molecule has 1 aliphatic heterocycles. The van der Waals surface area contributed by atoms with E-state index in [-0.39, 0.29) is 0 Å². The number of aliphatic hydroxyl groups excluding tert-OH is 2. The molecule has 33 heavy (non-hydrogen) atoms. The molecule has 20 nitrogen and oxygen atoms in total. The van der Waals surface area contributed by atoms with Crippen molar-refractivity contribution in [3.8, 4) is 5.88 Å². The highest BCUT2D eigenvalue weighted by atomic mass is 31.3. The van der Waals surface area contributed by atoms with E-state index >= 15 is 0 Å². The van der Waals surface area contributed by atoms with Crippen molar-refractivity contribution >= 4 is 31.3 Å². The Morgan fingerprint density at radius 3 is 2.06 bits per heavy atom. The lowest BCUT2D eigenvalue weighted by molar-refractivity contribution is -0.780. The van der Waals surface area contributed by atoms with E-state index in [1.807, 2.05) is 4.98 Å². The third kappa shape index (κ3) is 8.69. The smallest absolute Gasteiger partial charge is 0.387 e. The van der Waals surface area contributed by atoms with Gasteiger partial charge in [-0.05, 0) is 0 Å². The fourth-order valence-electron chi connectivity index (χ4n) is 2.38. The van der Waals surface area contributed by atoms with Crippen molar-refractivity contribution in [3.63, 3.8) is 0 Å². The van der Waals surface area contributed by atoms with Crippen molar-refractivity contribution in [2.24, 2.45) is 0 Å². The molecule has 0 spiro atoms. The number of hydrogen-bond donors (Lipinski definition) is 9.